The van der Waals surface area contributed by atoms with Gasteiger partial charge in [0.25, 0.3) is 0 Å². The van der Waals surface area contributed by atoms with E-state index in [9.17, 15) is 4.79 Å². The summed E-state index contributed by atoms with van der Waals surface area (Å²) in [4.78, 5) is 12.3. The highest BCUT2D eigenvalue weighted by Gasteiger charge is 2.63. The number of allylic oxidation sites excluding steroid dienone is 4. The van der Waals surface area contributed by atoms with Crippen molar-refractivity contribution in [1.82, 2.24) is 0 Å². The molecule has 0 saturated heterocycles. The Morgan fingerprint density at radius 1 is 1.00 bits per heavy atom. The lowest BCUT2D eigenvalue weighted by atomic mass is 9.42. The number of fused-ring (bicyclic) bond motifs is 4. The molecule has 0 N–H and O–H groups in total. The Hall–Kier alpha value is -0.560. The fourth-order valence-corrected chi connectivity index (χ4v) is 10.3. The Bertz CT molecular complexity index is 860. The van der Waals surface area contributed by atoms with E-state index >= 15 is 0 Å². The third kappa shape index (κ3) is 3.73. The van der Waals surface area contributed by atoms with Crippen LogP contribution < -0.4 is 0 Å². The minimum absolute atomic E-state index is 0.0102. The molecule has 0 aliphatic heterocycles. The van der Waals surface area contributed by atoms with Gasteiger partial charge in [-0.3, -0.25) is 4.79 Å². The Balaban J connectivity index is 1.65. The fraction of sp³-hybridized carbons (Fsp3) is 0.839. The molecule has 0 aromatic carbocycles. The first-order valence-corrected chi connectivity index (χ1v) is 14.2. The summed E-state index contributed by atoms with van der Waals surface area (Å²) >= 11 is 6.11. The van der Waals surface area contributed by atoms with Gasteiger partial charge < -0.3 is 0 Å². The molecule has 4 aliphatic rings. The molecule has 0 radical (unpaired) electrons. The molecule has 0 spiro atoms. The van der Waals surface area contributed by atoms with Crippen LogP contribution in [0.2, 0.25) is 0 Å². The quantitative estimate of drug-likeness (QED) is 0.287. The maximum absolute atomic E-state index is 12.3. The van der Waals surface area contributed by atoms with Crippen molar-refractivity contribution in [2.24, 2.45) is 45.3 Å². The molecule has 33 heavy (non-hydrogen) atoms. The molecule has 0 bridgehead atoms. The molecular formula is C31H49ClO. The zero-order valence-corrected chi connectivity index (χ0v) is 23.5. The second kappa shape index (κ2) is 8.53. The van der Waals surface area contributed by atoms with Crippen LogP contribution in [-0.4, -0.2) is 5.24 Å². The molecule has 4 rings (SSSR count). The molecule has 0 heterocycles. The Morgan fingerprint density at radius 2 is 1.70 bits per heavy atom. The van der Waals surface area contributed by atoms with Crippen molar-refractivity contribution >= 4 is 16.8 Å². The molecule has 2 heteroatoms. The molecule has 2 fully saturated rings. The predicted octanol–water partition coefficient (Wildman–Crippen LogP) is 9.50. The summed E-state index contributed by atoms with van der Waals surface area (Å²) in [6, 6.07) is 0. The summed E-state index contributed by atoms with van der Waals surface area (Å²) in [6.07, 6.45) is 15.0. The first-order chi connectivity index (χ1) is 15.3. The van der Waals surface area contributed by atoms with Crippen LogP contribution in [0, 0.1) is 45.3 Å². The molecule has 0 aromatic heterocycles. The zero-order chi connectivity index (χ0) is 24.4. The van der Waals surface area contributed by atoms with E-state index in [1.54, 1.807) is 0 Å². The summed E-state index contributed by atoms with van der Waals surface area (Å²) in [5.74, 6) is 2.22. The van der Waals surface area contributed by atoms with Crippen LogP contribution in [0.3, 0.4) is 0 Å². The number of carbonyl (C=O) groups excluding carboxylic acids is 1. The lowest BCUT2D eigenvalue weighted by Gasteiger charge is -2.62. The molecule has 4 aliphatic carbocycles. The Morgan fingerprint density at radius 3 is 2.33 bits per heavy atom. The van der Waals surface area contributed by atoms with E-state index in [1.807, 2.05) is 11.1 Å². The van der Waals surface area contributed by atoms with Gasteiger partial charge in [-0.05, 0) is 129 Å². The normalized spacial score (nSPS) is 42.8. The van der Waals surface area contributed by atoms with E-state index in [2.05, 4.69) is 61.5 Å². The van der Waals surface area contributed by atoms with E-state index in [-0.39, 0.29) is 22.0 Å². The van der Waals surface area contributed by atoms with Crippen LogP contribution in [-0.2, 0) is 4.79 Å². The minimum atomic E-state index is -0.106. The van der Waals surface area contributed by atoms with Gasteiger partial charge in [0.1, 0.15) is 0 Å². The largest absolute Gasteiger partial charge is 0.281 e. The van der Waals surface area contributed by atoms with Gasteiger partial charge in [0.2, 0.25) is 5.24 Å². The highest BCUT2D eigenvalue weighted by Crippen LogP contribution is 2.73. The summed E-state index contributed by atoms with van der Waals surface area (Å²) in [5.41, 5.74) is 6.13. The molecule has 1 nitrogen and oxygen atoms in total. The van der Waals surface area contributed by atoms with Gasteiger partial charge in [-0.15, -0.1) is 0 Å². The molecule has 186 valence electrons. The van der Waals surface area contributed by atoms with E-state index < -0.39 is 0 Å². The number of rotatable bonds is 5. The summed E-state index contributed by atoms with van der Waals surface area (Å²) in [5, 5.41) is -0.106. The van der Waals surface area contributed by atoms with Gasteiger partial charge in [0, 0.05) is 5.92 Å². The Labute approximate surface area is 209 Å². The highest BCUT2D eigenvalue weighted by molar-refractivity contribution is 6.64. The van der Waals surface area contributed by atoms with Gasteiger partial charge in [-0.1, -0.05) is 64.3 Å². The summed E-state index contributed by atoms with van der Waals surface area (Å²) < 4.78 is 0. The smallest absolute Gasteiger partial charge is 0.225 e. The average molecular weight is 473 g/mol. The number of hydrogen-bond donors (Lipinski definition) is 0. The maximum Gasteiger partial charge on any atom is 0.225 e. The topological polar surface area (TPSA) is 17.1 Å². The van der Waals surface area contributed by atoms with Gasteiger partial charge in [0.05, 0.1) is 0 Å². The summed E-state index contributed by atoms with van der Waals surface area (Å²) in [6.45, 7) is 19.5. The van der Waals surface area contributed by atoms with Crippen molar-refractivity contribution in [3.63, 3.8) is 0 Å². The SMILES string of the molecule is CC(C)=CCC[C@@H](C)[C@H]1CC[C@@]2(C)C3=C(CC[C@]12C)[C@@]1(C)CC[C@H](C(=O)Cl)C(C)(C)[C@@H]1CC3. The van der Waals surface area contributed by atoms with Crippen LogP contribution in [0.5, 0.6) is 0 Å². The molecule has 7 atom stereocenters. The van der Waals surface area contributed by atoms with Crippen molar-refractivity contribution < 1.29 is 4.79 Å². The molecule has 0 amide bonds. The molecule has 2 saturated carbocycles. The first-order valence-electron chi connectivity index (χ1n) is 13.8. The van der Waals surface area contributed by atoms with Crippen molar-refractivity contribution in [2.45, 2.75) is 120 Å². The third-order valence-corrected chi connectivity index (χ3v) is 12.2. The van der Waals surface area contributed by atoms with Crippen LogP contribution in [0.15, 0.2) is 22.8 Å². The fourth-order valence-electron chi connectivity index (χ4n) is 9.89. The first kappa shape index (κ1) is 25.5. The number of halogens is 1. The molecule has 0 unspecified atom stereocenters. The van der Waals surface area contributed by atoms with Gasteiger partial charge >= 0.3 is 0 Å². The highest BCUT2D eigenvalue weighted by atomic mass is 35.5. The Kier molecular flexibility index (Phi) is 6.60. The number of carbonyl (C=O) groups is 1. The van der Waals surface area contributed by atoms with E-state index in [4.69, 9.17) is 11.6 Å². The molecule has 0 aromatic rings. The summed E-state index contributed by atoms with van der Waals surface area (Å²) in [7, 11) is 0. The zero-order valence-electron chi connectivity index (χ0n) is 22.7. The average Bonchev–Trinajstić information content (AvgIpc) is 2.98. The van der Waals surface area contributed by atoms with E-state index in [0.717, 1.165) is 24.7 Å². The monoisotopic (exact) mass is 472 g/mol. The van der Waals surface area contributed by atoms with Gasteiger partial charge in [0.15, 0.2) is 0 Å². The second-order valence-electron chi connectivity index (χ2n) is 13.9. The maximum atomic E-state index is 12.3. The van der Waals surface area contributed by atoms with Crippen molar-refractivity contribution in [3.05, 3.63) is 22.8 Å². The minimum Gasteiger partial charge on any atom is -0.281 e. The molecular weight excluding hydrogens is 424 g/mol. The van der Waals surface area contributed by atoms with Crippen molar-refractivity contribution in [3.8, 4) is 0 Å². The van der Waals surface area contributed by atoms with Gasteiger partial charge in [-0.25, -0.2) is 0 Å². The van der Waals surface area contributed by atoms with Crippen LogP contribution in [0.1, 0.15) is 120 Å². The van der Waals surface area contributed by atoms with Crippen molar-refractivity contribution in [1.29, 1.82) is 0 Å². The predicted molar refractivity (Wildman–Crippen MR) is 141 cm³/mol. The second-order valence-corrected chi connectivity index (χ2v) is 14.3. The number of hydrogen-bond acceptors (Lipinski definition) is 1. The standard InChI is InChI=1S/C31H49ClO/c1-20(2)10-9-11-21(3)22-15-18-31(8)24-12-13-26-28(4,5)25(27(32)33)14-17-29(26,6)23(24)16-19-30(22,31)7/h10,21-22,25-26H,9,11-19H2,1-8H3/t21-,22-,25-,26+,29-,30-,31+/m1/s1. The van der Waals surface area contributed by atoms with Crippen LogP contribution >= 0.6 is 11.6 Å². The third-order valence-electron chi connectivity index (χ3n) is 12.0. The van der Waals surface area contributed by atoms with Crippen molar-refractivity contribution in [2.75, 3.05) is 0 Å². The van der Waals surface area contributed by atoms with Crippen LogP contribution in [0.25, 0.3) is 0 Å². The lowest BCUT2D eigenvalue weighted by molar-refractivity contribution is -0.127. The van der Waals surface area contributed by atoms with E-state index in [0.29, 0.717) is 16.7 Å². The van der Waals surface area contributed by atoms with Crippen LogP contribution in [0.4, 0.5) is 0 Å². The lowest BCUT2D eigenvalue weighted by Crippen LogP contribution is -2.54. The van der Waals surface area contributed by atoms with Gasteiger partial charge in [-0.2, -0.15) is 0 Å². The van der Waals surface area contributed by atoms with E-state index in [1.165, 1.54) is 56.9 Å².